The number of aromatic nitrogens is 3. The second-order valence-corrected chi connectivity index (χ2v) is 10.0. The lowest BCUT2D eigenvalue weighted by molar-refractivity contribution is 0.101. The van der Waals surface area contributed by atoms with E-state index in [1.54, 1.807) is 24.3 Å². The van der Waals surface area contributed by atoms with Gasteiger partial charge in [-0.15, -0.1) is 22.7 Å². The van der Waals surface area contributed by atoms with E-state index in [4.69, 9.17) is 23.2 Å². The van der Waals surface area contributed by atoms with Crippen LogP contribution in [-0.4, -0.2) is 26.8 Å². The summed E-state index contributed by atoms with van der Waals surface area (Å²) >= 11 is 14.5. The van der Waals surface area contributed by atoms with Gasteiger partial charge >= 0.3 is 0 Å². The summed E-state index contributed by atoms with van der Waals surface area (Å²) in [5.41, 5.74) is 3.72. The van der Waals surface area contributed by atoms with E-state index >= 15 is 0 Å². The molecule has 0 fully saturated rings. The molecule has 5 rings (SSSR count). The number of benzene rings is 2. The Kier molecular flexibility index (Phi) is 7.06. The van der Waals surface area contributed by atoms with Crippen LogP contribution in [0.2, 0.25) is 10.0 Å². The van der Waals surface area contributed by atoms with E-state index < -0.39 is 5.91 Å². The normalized spacial score (nSPS) is 10.7. The molecule has 0 radical (unpaired) electrons. The molecule has 0 spiro atoms. The van der Waals surface area contributed by atoms with Crippen molar-refractivity contribution < 1.29 is 9.59 Å². The highest BCUT2D eigenvalue weighted by atomic mass is 35.5. The Morgan fingerprint density at radius 1 is 0.667 bits per heavy atom. The fourth-order valence-electron chi connectivity index (χ4n) is 3.16. The molecule has 0 saturated carbocycles. The van der Waals surface area contributed by atoms with Gasteiger partial charge in [-0.05, 0) is 36.4 Å². The molecule has 0 unspecified atom stereocenters. The van der Waals surface area contributed by atoms with Crippen LogP contribution in [-0.2, 0) is 0 Å². The quantitative estimate of drug-likeness (QED) is 0.233. The van der Waals surface area contributed by atoms with Gasteiger partial charge in [0.15, 0.2) is 10.3 Å². The van der Waals surface area contributed by atoms with Crippen molar-refractivity contribution in [3.8, 4) is 22.5 Å². The largest absolute Gasteiger partial charge is 0.298 e. The van der Waals surface area contributed by atoms with E-state index in [9.17, 15) is 9.59 Å². The molecule has 3 aromatic heterocycles. The molecule has 7 nitrogen and oxygen atoms in total. The van der Waals surface area contributed by atoms with Crippen molar-refractivity contribution in [1.29, 1.82) is 0 Å². The molecule has 3 heterocycles. The molecule has 0 aliphatic rings. The summed E-state index contributed by atoms with van der Waals surface area (Å²) in [6, 6.07) is 17.6. The molecule has 36 heavy (non-hydrogen) atoms. The molecule has 0 saturated heterocycles. The predicted octanol–water partition coefficient (Wildman–Crippen LogP) is 7.14. The van der Waals surface area contributed by atoms with Gasteiger partial charge in [0.2, 0.25) is 0 Å². The Balaban J connectivity index is 1.20. The first kappa shape index (κ1) is 24.1. The maximum absolute atomic E-state index is 12.6. The molecule has 178 valence electrons. The molecule has 2 N–H and O–H groups in total. The van der Waals surface area contributed by atoms with E-state index in [0.29, 0.717) is 25.9 Å². The van der Waals surface area contributed by atoms with Gasteiger partial charge in [0, 0.05) is 38.1 Å². The third-order valence-electron chi connectivity index (χ3n) is 4.99. The fourth-order valence-corrected chi connectivity index (χ4v) is 4.84. The van der Waals surface area contributed by atoms with Crippen LogP contribution in [0, 0.1) is 0 Å². The van der Waals surface area contributed by atoms with E-state index in [1.165, 1.54) is 41.0 Å². The van der Waals surface area contributed by atoms with Gasteiger partial charge in [0.1, 0.15) is 5.69 Å². The number of rotatable bonds is 6. The summed E-state index contributed by atoms with van der Waals surface area (Å²) in [7, 11) is 0. The molecule has 5 aromatic rings. The maximum atomic E-state index is 12.6. The monoisotopic (exact) mass is 551 g/mol. The van der Waals surface area contributed by atoms with Crippen LogP contribution in [0.4, 0.5) is 10.3 Å². The second kappa shape index (κ2) is 10.5. The topological polar surface area (TPSA) is 96.9 Å². The van der Waals surface area contributed by atoms with Crippen molar-refractivity contribution in [2.75, 3.05) is 10.6 Å². The SMILES string of the molecule is O=C(Nc1nc(-c2ccc(Cl)cc2)cs1)c1ccc(C(=O)Nc2nc(-c3ccc(Cl)cc3)cs2)nc1. The molecule has 2 amide bonds. The van der Waals surface area contributed by atoms with Gasteiger partial charge in [-0.2, -0.15) is 0 Å². The minimum absolute atomic E-state index is 0.161. The molecule has 0 bridgehead atoms. The van der Waals surface area contributed by atoms with Gasteiger partial charge in [-0.1, -0.05) is 47.5 Å². The van der Waals surface area contributed by atoms with E-state index in [0.717, 1.165) is 22.5 Å². The lowest BCUT2D eigenvalue weighted by atomic mass is 10.2. The Morgan fingerprint density at radius 3 is 1.64 bits per heavy atom. The number of nitrogens with one attached hydrogen (secondary N) is 2. The van der Waals surface area contributed by atoms with Crippen LogP contribution < -0.4 is 10.6 Å². The average molecular weight is 552 g/mol. The number of pyridine rings is 1. The minimum Gasteiger partial charge on any atom is -0.298 e. The number of nitrogens with zero attached hydrogens (tertiary/aromatic N) is 3. The van der Waals surface area contributed by atoms with Gasteiger partial charge < -0.3 is 0 Å². The molecule has 2 aromatic carbocycles. The van der Waals surface area contributed by atoms with Crippen LogP contribution in [0.15, 0.2) is 77.6 Å². The van der Waals surface area contributed by atoms with Crippen LogP contribution in [0.1, 0.15) is 20.8 Å². The lowest BCUT2D eigenvalue weighted by Crippen LogP contribution is -2.16. The number of hydrogen-bond acceptors (Lipinski definition) is 7. The molecule has 0 aliphatic heterocycles. The Morgan fingerprint density at radius 2 is 1.17 bits per heavy atom. The van der Waals surface area contributed by atoms with E-state index in [2.05, 4.69) is 25.6 Å². The van der Waals surface area contributed by atoms with Gasteiger partial charge in [-0.25, -0.2) is 9.97 Å². The molecule has 0 atom stereocenters. The summed E-state index contributed by atoms with van der Waals surface area (Å²) < 4.78 is 0. The summed E-state index contributed by atoms with van der Waals surface area (Å²) in [6.07, 6.45) is 1.35. The van der Waals surface area contributed by atoms with Crippen molar-refractivity contribution >= 4 is 68.0 Å². The average Bonchev–Trinajstić information content (AvgIpc) is 3.55. The number of carbonyl (C=O) groups is 2. The third-order valence-corrected chi connectivity index (χ3v) is 7.01. The first-order chi connectivity index (χ1) is 17.4. The Bertz CT molecular complexity index is 1420. The summed E-state index contributed by atoms with van der Waals surface area (Å²) in [6.45, 7) is 0. The van der Waals surface area contributed by atoms with Crippen molar-refractivity contribution in [2.45, 2.75) is 0 Å². The number of anilines is 2. The highest BCUT2D eigenvalue weighted by molar-refractivity contribution is 7.14. The summed E-state index contributed by atoms with van der Waals surface area (Å²) in [4.78, 5) is 38.2. The van der Waals surface area contributed by atoms with Crippen LogP contribution in [0.25, 0.3) is 22.5 Å². The molecule has 11 heteroatoms. The smallest absolute Gasteiger partial charge is 0.276 e. The Labute approximate surface area is 223 Å². The summed E-state index contributed by atoms with van der Waals surface area (Å²) in [5.74, 6) is -0.800. The Hall–Kier alpha value is -3.63. The first-order valence-corrected chi connectivity index (χ1v) is 13.0. The maximum Gasteiger partial charge on any atom is 0.276 e. The van der Waals surface area contributed by atoms with Gasteiger partial charge in [-0.3, -0.25) is 25.2 Å². The zero-order chi connectivity index (χ0) is 25.1. The molecular weight excluding hydrogens is 537 g/mol. The highest BCUT2D eigenvalue weighted by Gasteiger charge is 2.14. The number of amides is 2. The van der Waals surface area contributed by atoms with Crippen LogP contribution in [0.5, 0.6) is 0 Å². The number of carbonyl (C=O) groups excluding carboxylic acids is 2. The van der Waals surface area contributed by atoms with E-state index in [-0.39, 0.29) is 11.6 Å². The van der Waals surface area contributed by atoms with Crippen molar-refractivity contribution in [1.82, 2.24) is 15.0 Å². The van der Waals surface area contributed by atoms with Crippen LogP contribution in [0.3, 0.4) is 0 Å². The zero-order valence-corrected chi connectivity index (χ0v) is 21.4. The zero-order valence-electron chi connectivity index (χ0n) is 18.2. The standard InChI is InChI=1S/C25H15Cl2N5O2S2/c26-17-6-1-14(2-7-17)20-12-35-24(29-20)31-22(33)16-5-10-19(28-11-16)23(34)32-25-30-21(13-36-25)15-3-8-18(27)9-4-15/h1-13H,(H,29,31,33)(H,30,32,34). The number of thiazole rings is 2. The van der Waals surface area contributed by atoms with Gasteiger partial charge in [0.05, 0.1) is 17.0 Å². The lowest BCUT2D eigenvalue weighted by Gasteiger charge is -2.04. The number of hydrogen-bond donors (Lipinski definition) is 2. The third kappa shape index (κ3) is 5.60. The minimum atomic E-state index is -0.425. The van der Waals surface area contributed by atoms with Crippen molar-refractivity contribution in [2.24, 2.45) is 0 Å². The van der Waals surface area contributed by atoms with Crippen molar-refractivity contribution in [3.63, 3.8) is 0 Å². The van der Waals surface area contributed by atoms with Gasteiger partial charge in [0.25, 0.3) is 11.8 Å². The fraction of sp³-hybridized carbons (Fsp3) is 0. The molecule has 0 aliphatic carbocycles. The van der Waals surface area contributed by atoms with Crippen molar-refractivity contribution in [3.05, 3.63) is 98.9 Å². The second-order valence-electron chi connectivity index (χ2n) is 7.43. The molecular formula is C25H15Cl2N5O2S2. The summed E-state index contributed by atoms with van der Waals surface area (Å²) in [5, 5.41) is 11.3. The first-order valence-electron chi connectivity index (χ1n) is 10.5. The number of halogens is 2. The van der Waals surface area contributed by atoms with Crippen LogP contribution >= 0.6 is 45.9 Å². The predicted molar refractivity (Wildman–Crippen MR) is 145 cm³/mol. The van der Waals surface area contributed by atoms with E-state index in [1.807, 2.05) is 35.0 Å². The highest BCUT2D eigenvalue weighted by Crippen LogP contribution is 2.27.